The Labute approximate surface area is 178 Å². The number of carbonyl (C=O) groups is 1. The van der Waals surface area contributed by atoms with Gasteiger partial charge in [-0.15, -0.1) is 0 Å². The van der Waals surface area contributed by atoms with Gasteiger partial charge in [0.25, 0.3) is 5.91 Å². The fraction of sp³-hybridized carbons (Fsp3) is 0.250. The van der Waals surface area contributed by atoms with Crippen molar-refractivity contribution in [2.24, 2.45) is 0 Å². The maximum absolute atomic E-state index is 12.6. The van der Waals surface area contributed by atoms with E-state index in [9.17, 15) is 4.79 Å². The van der Waals surface area contributed by atoms with Crippen LogP contribution in [0, 0.1) is 0 Å². The van der Waals surface area contributed by atoms with Crippen molar-refractivity contribution in [1.82, 2.24) is 19.9 Å². The van der Waals surface area contributed by atoms with E-state index in [1.807, 2.05) is 0 Å². The van der Waals surface area contributed by atoms with E-state index in [0.717, 1.165) is 25.9 Å². The molecule has 1 amide bonds. The quantitative estimate of drug-likeness (QED) is 0.658. The number of anilines is 2. The smallest absolute Gasteiger partial charge is 0.259 e. The number of amides is 1. The van der Waals surface area contributed by atoms with E-state index in [4.69, 9.17) is 23.2 Å². The summed E-state index contributed by atoms with van der Waals surface area (Å²) in [5, 5.41) is 3.72. The van der Waals surface area contributed by atoms with E-state index >= 15 is 0 Å². The van der Waals surface area contributed by atoms with Crippen LogP contribution in [0.3, 0.4) is 0 Å². The minimum Gasteiger partial charge on any atom is -0.341 e. The average Bonchev–Trinajstić information content (AvgIpc) is 2.76. The van der Waals surface area contributed by atoms with Gasteiger partial charge in [-0.25, -0.2) is 0 Å². The lowest BCUT2D eigenvalue weighted by atomic mass is 10.1. The SMILES string of the molecule is O=C(Nc1nc(-c2cc(Cl)ccc2Cl)nc(N2CCCCC2)n1)c1cccnc1. The molecule has 1 N–H and O–H groups in total. The Balaban J connectivity index is 1.73. The number of rotatable bonds is 4. The number of hydrogen-bond acceptors (Lipinski definition) is 6. The largest absolute Gasteiger partial charge is 0.341 e. The number of benzene rings is 1. The van der Waals surface area contributed by atoms with Gasteiger partial charge in [0.15, 0.2) is 5.82 Å². The van der Waals surface area contributed by atoms with Gasteiger partial charge in [0, 0.05) is 36.1 Å². The maximum atomic E-state index is 12.6. The first-order valence-corrected chi connectivity index (χ1v) is 10.0. The van der Waals surface area contributed by atoms with Crippen LogP contribution in [0.15, 0.2) is 42.7 Å². The molecule has 1 aliphatic heterocycles. The van der Waals surface area contributed by atoms with Gasteiger partial charge in [-0.2, -0.15) is 15.0 Å². The molecule has 0 saturated carbocycles. The zero-order valence-electron chi connectivity index (χ0n) is 15.5. The van der Waals surface area contributed by atoms with Crippen LogP contribution in [0.5, 0.6) is 0 Å². The van der Waals surface area contributed by atoms with Crippen molar-refractivity contribution in [3.8, 4) is 11.4 Å². The summed E-state index contributed by atoms with van der Waals surface area (Å²) < 4.78 is 0. The fourth-order valence-corrected chi connectivity index (χ4v) is 3.49. The summed E-state index contributed by atoms with van der Waals surface area (Å²) in [5.41, 5.74) is 0.992. The lowest BCUT2D eigenvalue weighted by molar-refractivity contribution is 0.102. The van der Waals surface area contributed by atoms with Gasteiger partial charge < -0.3 is 4.90 Å². The third-order valence-corrected chi connectivity index (χ3v) is 5.15. The highest BCUT2D eigenvalue weighted by Crippen LogP contribution is 2.30. The first kappa shape index (κ1) is 19.5. The molecule has 0 unspecified atom stereocenters. The molecule has 0 spiro atoms. The van der Waals surface area contributed by atoms with Gasteiger partial charge >= 0.3 is 0 Å². The summed E-state index contributed by atoms with van der Waals surface area (Å²) in [6.45, 7) is 1.70. The Bertz CT molecular complexity index is 1020. The van der Waals surface area contributed by atoms with Crippen LogP contribution >= 0.6 is 23.2 Å². The topological polar surface area (TPSA) is 83.9 Å². The number of nitrogens with zero attached hydrogens (tertiary/aromatic N) is 5. The van der Waals surface area contributed by atoms with Crippen LogP contribution in [0.4, 0.5) is 11.9 Å². The van der Waals surface area contributed by atoms with Crippen molar-refractivity contribution in [3.05, 3.63) is 58.3 Å². The van der Waals surface area contributed by atoms with Crippen molar-refractivity contribution in [1.29, 1.82) is 0 Å². The first-order valence-electron chi connectivity index (χ1n) is 9.28. The first-order chi connectivity index (χ1) is 14.1. The molecule has 3 heterocycles. The summed E-state index contributed by atoms with van der Waals surface area (Å²) in [7, 11) is 0. The van der Waals surface area contributed by atoms with Crippen LogP contribution < -0.4 is 10.2 Å². The number of pyridine rings is 1. The molecule has 0 bridgehead atoms. The van der Waals surface area contributed by atoms with Crippen LogP contribution in [0.2, 0.25) is 10.0 Å². The minimum atomic E-state index is -0.350. The third-order valence-electron chi connectivity index (χ3n) is 4.58. The van der Waals surface area contributed by atoms with Crippen LogP contribution in [0.1, 0.15) is 29.6 Å². The van der Waals surface area contributed by atoms with E-state index in [1.165, 1.54) is 12.6 Å². The van der Waals surface area contributed by atoms with Crippen molar-refractivity contribution in [2.75, 3.05) is 23.3 Å². The van der Waals surface area contributed by atoms with Crippen molar-refractivity contribution in [2.45, 2.75) is 19.3 Å². The predicted molar refractivity (Wildman–Crippen MR) is 114 cm³/mol. The van der Waals surface area contributed by atoms with Gasteiger partial charge in [-0.05, 0) is 49.6 Å². The Morgan fingerprint density at radius 3 is 2.62 bits per heavy atom. The molecule has 7 nitrogen and oxygen atoms in total. The highest BCUT2D eigenvalue weighted by Gasteiger charge is 2.19. The monoisotopic (exact) mass is 428 g/mol. The normalized spacial score (nSPS) is 13.9. The lowest BCUT2D eigenvalue weighted by Crippen LogP contribution is -2.31. The zero-order valence-corrected chi connectivity index (χ0v) is 17.0. The van der Waals surface area contributed by atoms with E-state index in [1.54, 1.807) is 36.5 Å². The molecule has 148 valence electrons. The fourth-order valence-electron chi connectivity index (χ4n) is 3.12. The molecular weight excluding hydrogens is 411 g/mol. The molecule has 4 rings (SSSR count). The molecule has 1 aromatic carbocycles. The molecule has 0 atom stereocenters. The number of piperidine rings is 1. The van der Waals surface area contributed by atoms with Crippen LogP contribution in [-0.2, 0) is 0 Å². The Morgan fingerprint density at radius 1 is 1.03 bits per heavy atom. The molecule has 1 fully saturated rings. The van der Waals surface area contributed by atoms with Crippen molar-refractivity contribution < 1.29 is 4.79 Å². The Kier molecular flexibility index (Phi) is 5.87. The molecule has 9 heteroatoms. The maximum Gasteiger partial charge on any atom is 0.259 e. The molecule has 0 radical (unpaired) electrons. The van der Waals surface area contributed by atoms with Crippen molar-refractivity contribution in [3.63, 3.8) is 0 Å². The van der Waals surface area contributed by atoms with Gasteiger partial charge in [-0.3, -0.25) is 15.1 Å². The summed E-state index contributed by atoms with van der Waals surface area (Å²) in [4.78, 5) is 32.1. The van der Waals surface area contributed by atoms with Gasteiger partial charge in [-0.1, -0.05) is 23.2 Å². The van der Waals surface area contributed by atoms with Crippen LogP contribution in [-0.4, -0.2) is 38.9 Å². The van der Waals surface area contributed by atoms with E-state index in [2.05, 4.69) is 30.2 Å². The van der Waals surface area contributed by atoms with E-state index in [-0.39, 0.29) is 11.9 Å². The molecule has 1 aliphatic rings. The third kappa shape index (κ3) is 4.63. The van der Waals surface area contributed by atoms with Gasteiger partial charge in [0.2, 0.25) is 11.9 Å². The molecular formula is C20H18Cl2N6O. The second-order valence-electron chi connectivity index (χ2n) is 6.65. The summed E-state index contributed by atoms with van der Waals surface area (Å²) in [6, 6.07) is 8.46. The highest BCUT2D eigenvalue weighted by molar-refractivity contribution is 6.35. The number of halogens is 2. The summed E-state index contributed by atoms with van der Waals surface area (Å²) in [6.07, 6.45) is 6.40. The van der Waals surface area contributed by atoms with E-state index < -0.39 is 0 Å². The number of carbonyl (C=O) groups excluding carboxylic acids is 1. The van der Waals surface area contributed by atoms with Crippen LogP contribution in [0.25, 0.3) is 11.4 Å². The number of hydrogen-bond donors (Lipinski definition) is 1. The molecule has 29 heavy (non-hydrogen) atoms. The summed E-state index contributed by atoms with van der Waals surface area (Å²) >= 11 is 12.5. The Hall–Kier alpha value is -2.77. The Morgan fingerprint density at radius 2 is 1.86 bits per heavy atom. The number of nitrogens with one attached hydrogen (secondary N) is 1. The van der Waals surface area contributed by atoms with E-state index in [0.29, 0.717) is 32.9 Å². The standard InChI is InChI=1S/C20H18Cl2N6O/c21-14-6-7-16(22)15(11-14)17-24-19(26-18(29)13-5-4-8-23-12-13)27-20(25-17)28-9-2-1-3-10-28/h4-8,11-12H,1-3,9-10H2,(H,24,25,26,27,29). The second kappa shape index (κ2) is 8.71. The number of aromatic nitrogens is 4. The minimum absolute atomic E-state index is 0.153. The van der Waals surface area contributed by atoms with Crippen molar-refractivity contribution >= 4 is 41.0 Å². The molecule has 3 aromatic rings. The molecule has 1 saturated heterocycles. The van der Waals surface area contributed by atoms with Gasteiger partial charge in [0.1, 0.15) is 0 Å². The molecule has 2 aromatic heterocycles. The lowest BCUT2D eigenvalue weighted by Gasteiger charge is -2.27. The predicted octanol–water partition coefficient (Wildman–Crippen LogP) is 4.48. The van der Waals surface area contributed by atoms with Gasteiger partial charge in [0.05, 0.1) is 10.6 Å². The zero-order chi connectivity index (χ0) is 20.2. The summed E-state index contributed by atoms with van der Waals surface area (Å²) in [5.74, 6) is 0.666. The molecule has 0 aliphatic carbocycles. The average molecular weight is 429 g/mol. The second-order valence-corrected chi connectivity index (χ2v) is 7.49. The highest BCUT2D eigenvalue weighted by atomic mass is 35.5.